The highest BCUT2D eigenvalue weighted by molar-refractivity contribution is 7.15. The minimum atomic E-state index is -0.348. The highest BCUT2D eigenvalue weighted by Gasteiger charge is 2.23. The minimum absolute atomic E-state index is 0.0516. The Morgan fingerprint density at radius 3 is 2.84 bits per heavy atom. The summed E-state index contributed by atoms with van der Waals surface area (Å²) in [6.45, 7) is 3.38. The van der Waals surface area contributed by atoms with Gasteiger partial charge in [0.25, 0.3) is 5.91 Å². The molecule has 1 aliphatic rings. The van der Waals surface area contributed by atoms with Gasteiger partial charge in [-0.25, -0.2) is 4.98 Å². The molecule has 5 rings (SSSR count). The molecule has 162 valence electrons. The normalized spacial score (nSPS) is 13.7. The molecule has 2 aromatic carbocycles. The van der Waals surface area contributed by atoms with Crippen LogP contribution in [0.3, 0.4) is 0 Å². The zero-order valence-corrected chi connectivity index (χ0v) is 18.2. The van der Waals surface area contributed by atoms with Crippen LogP contribution in [0, 0.1) is 6.92 Å². The van der Waals surface area contributed by atoms with Gasteiger partial charge in [0.2, 0.25) is 5.91 Å². The third-order valence-electron chi connectivity index (χ3n) is 5.32. The number of aryl methyl sites for hydroxylation is 1. The fraction of sp³-hybridized carbons (Fsp3) is 0.217. The van der Waals surface area contributed by atoms with Crippen LogP contribution in [-0.4, -0.2) is 39.9 Å². The molecule has 0 fully saturated rings. The van der Waals surface area contributed by atoms with Crippen molar-refractivity contribution in [1.82, 2.24) is 15.0 Å². The Bertz CT molecular complexity index is 1310. The van der Waals surface area contributed by atoms with Crippen LogP contribution in [0.2, 0.25) is 0 Å². The van der Waals surface area contributed by atoms with Crippen LogP contribution >= 0.6 is 11.3 Å². The monoisotopic (exact) mass is 447 g/mol. The summed E-state index contributed by atoms with van der Waals surface area (Å²) in [5, 5.41) is 12.2. The summed E-state index contributed by atoms with van der Waals surface area (Å²) in [6, 6.07) is 15.5. The molecule has 2 aromatic heterocycles. The number of carbonyl (C=O) groups excluding carboxylic acids is 2. The Morgan fingerprint density at radius 1 is 1.16 bits per heavy atom. The van der Waals surface area contributed by atoms with Crippen LogP contribution in [0.5, 0.6) is 0 Å². The number of benzene rings is 2. The van der Waals surface area contributed by atoms with Crippen molar-refractivity contribution in [3.05, 3.63) is 70.6 Å². The van der Waals surface area contributed by atoms with Crippen molar-refractivity contribution in [3.63, 3.8) is 0 Å². The largest absolute Gasteiger partial charge is 0.361 e. The molecule has 0 unspecified atom stereocenters. The number of hydrogen-bond donors (Lipinski definition) is 2. The van der Waals surface area contributed by atoms with Crippen molar-refractivity contribution in [3.8, 4) is 0 Å². The molecular formula is C23H21N5O3S. The van der Waals surface area contributed by atoms with Gasteiger partial charge in [-0.15, -0.1) is 11.3 Å². The Hall–Kier alpha value is -3.56. The molecular weight excluding hydrogens is 426 g/mol. The van der Waals surface area contributed by atoms with E-state index in [0.717, 1.165) is 40.0 Å². The standard InChI is InChI=1S/C23H21N5O3S/c1-14-11-19(27-31-14)22(30)26-23-25-18-9-10-28(12-20(18)32-23)13-21(29)24-17-8-4-6-15-5-2-3-7-16(15)17/h2-8,11H,9-10,12-13H2,1H3,(H,24,29)(H,25,26,30). The molecule has 2 N–H and O–H groups in total. The topological polar surface area (TPSA) is 100 Å². The van der Waals surface area contributed by atoms with Crippen LogP contribution in [0.15, 0.2) is 53.1 Å². The van der Waals surface area contributed by atoms with E-state index in [1.54, 1.807) is 13.0 Å². The first-order chi connectivity index (χ1) is 15.5. The van der Waals surface area contributed by atoms with E-state index < -0.39 is 0 Å². The molecule has 9 heteroatoms. The van der Waals surface area contributed by atoms with Crippen LogP contribution in [0.1, 0.15) is 26.8 Å². The van der Waals surface area contributed by atoms with Gasteiger partial charge in [-0.1, -0.05) is 41.6 Å². The van der Waals surface area contributed by atoms with E-state index in [-0.39, 0.29) is 17.5 Å². The molecule has 32 heavy (non-hydrogen) atoms. The fourth-order valence-electron chi connectivity index (χ4n) is 3.80. The number of amides is 2. The molecule has 0 radical (unpaired) electrons. The van der Waals surface area contributed by atoms with Crippen molar-refractivity contribution < 1.29 is 14.1 Å². The van der Waals surface area contributed by atoms with Crippen LogP contribution in [0.4, 0.5) is 10.8 Å². The lowest BCUT2D eigenvalue weighted by molar-refractivity contribution is -0.117. The van der Waals surface area contributed by atoms with Crippen LogP contribution in [-0.2, 0) is 17.8 Å². The predicted molar refractivity (Wildman–Crippen MR) is 123 cm³/mol. The lowest BCUT2D eigenvalue weighted by Gasteiger charge is -2.25. The maximum Gasteiger partial charge on any atom is 0.279 e. The highest BCUT2D eigenvalue weighted by Crippen LogP contribution is 2.29. The van der Waals surface area contributed by atoms with Gasteiger partial charge in [0.15, 0.2) is 10.8 Å². The van der Waals surface area contributed by atoms with E-state index in [9.17, 15) is 9.59 Å². The Labute approximate surface area is 188 Å². The minimum Gasteiger partial charge on any atom is -0.361 e. The van der Waals surface area contributed by atoms with Gasteiger partial charge in [-0.2, -0.15) is 0 Å². The quantitative estimate of drug-likeness (QED) is 0.482. The predicted octanol–water partition coefficient (Wildman–Crippen LogP) is 3.84. The number of thiazole rings is 1. The van der Waals surface area contributed by atoms with E-state index in [0.29, 0.717) is 24.0 Å². The number of hydrogen-bond acceptors (Lipinski definition) is 7. The van der Waals surface area contributed by atoms with Gasteiger partial charge in [-0.05, 0) is 18.4 Å². The Morgan fingerprint density at radius 2 is 2.00 bits per heavy atom. The number of aromatic nitrogens is 2. The molecule has 0 saturated heterocycles. The first-order valence-electron chi connectivity index (χ1n) is 10.3. The third kappa shape index (κ3) is 4.25. The molecule has 2 amide bonds. The molecule has 0 spiro atoms. The Balaban J connectivity index is 1.22. The van der Waals surface area contributed by atoms with Gasteiger partial charge in [-0.3, -0.25) is 19.8 Å². The van der Waals surface area contributed by atoms with Crippen molar-refractivity contribution in [2.24, 2.45) is 0 Å². The molecule has 3 heterocycles. The lowest BCUT2D eigenvalue weighted by Crippen LogP contribution is -2.36. The van der Waals surface area contributed by atoms with E-state index in [2.05, 4.69) is 25.7 Å². The van der Waals surface area contributed by atoms with Gasteiger partial charge >= 0.3 is 0 Å². The molecule has 0 atom stereocenters. The van der Waals surface area contributed by atoms with Gasteiger partial charge < -0.3 is 9.84 Å². The summed E-state index contributed by atoms with van der Waals surface area (Å²) in [5.74, 6) is 0.175. The fourth-order valence-corrected chi connectivity index (χ4v) is 4.84. The summed E-state index contributed by atoms with van der Waals surface area (Å²) in [4.78, 5) is 32.7. The van der Waals surface area contributed by atoms with Crippen LogP contribution < -0.4 is 10.6 Å². The SMILES string of the molecule is Cc1cc(C(=O)Nc2nc3c(s2)CN(CC(=O)Nc2cccc4ccccc24)CC3)no1. The lowest BCUT2D eigenvalue weighted by atomic mass is 10.1. The maximum absolute atomic E-state index is 12.7. The molecule has 4 aromatic rings. The van der Waals surface area contributed by atoms with E-state index in [1.165, 1.54) is 11.3 Å². The average Bonchev–Trinajstić information content (AvgIpc) is 3.39. The number of rotatable bonds is 5. The zero-order valence-electron chi connectivity index (χ0n) is 17.4. The molecule has 8 nitrogen and oxygen atoms in total. The second-order valence-electron chi connectivity index (χ2n) is 7.70. The zero-order chi connectivity index (χ0) is 22.1. The van der Waals surface area contributed by atoms with Crippen molar-refractivity contribution >= 4 is 44.7 Å². The Kier molecular flexibility index (Phi) is 5.42. The second kappa shape index (κ2) is 8.52. The highest BCUT2D eigenvalue weighted by atomic mass is 32.1. The third-order valence-corrected chi connectivity index (χ3v) is 6.32. The summed E-state index contributed by atoms with van der Waals surface area (Å²) >= 11 is 1.43. The van der Waals surface area contributed by atoms with Gasteiger partial charge in [0, 0.05) is 41.5 Å². The summed E-state index contributed by atoms with van der Waals surface area (Å²) in [5.41, 5.74) is 2.01. The molecule has 0 bridgehead atoms. The average molecular weight is 448 g/mol. The van der Waals surface area contributed by atoms with E-state index >= 15 is 0 Å². The summed E-state index contributed by atoms with van der Waals surface area (Å²) < 4.78 is 4.95. The summed E-state index contributed by atoms with van der Waals surface area (Å²) in [7, 11) is 0. The van der Waals surface area contributed by atoms with Crippen molar-refractivity contribution in [2.75, 3.05) is 23.7 Å². The molecule has 0 saturated carbocycles. The van der Waals surface area contributed by atoms with Crippen molar-refractivity contribution in [1.29, 1.82) is 0 Å². The van der Waals surface area contributed by atoms with Crippen LogP contribution in [0.25, 0.3) is 10.8 Å². The number of anilines is 2. The second-order valence-corrected chi connectivity index (χ2v) is 8.78. The first-order valence-corrected chi connectivity index (χ1v) is 11.1. The van der Waals surface area contributed by atoms with Gasteiger partial charge in [0.05, 0.1) is 12.2 Å². The summed E-state index contributed by atoms with van der Waals surface area (Å²) in [6.07, 6.45) is 0.728. The first kappa shape index (κ1) is 20.3. The number of fused-ring (bicyclic) bond motifs is 2. The smallest absolute Gasteiger partial charge is 0.279 e. The number of nitrogens with zero attached hydrogens (tertiary/aromatic N) is 3. The van der Waals surface area contributed by atoms with Gasteiger partial charge in [0.1, 0.15) is 5.76 Å². The van der Waals surface area contributed by atoms with Crippen molar-refractivity contribution in [2.45, 2.75) is 19.9 Å². The molecule has 1 aliphatic heterocycles. The van der Waals surface area contributed by atoms with E-state index in [4.69, 9.17) is 4.52 Å². The molecule has 0 aliphatic carbocycles. The number of carbonyl (C=O) groups is 2. The van der Waals surface area contributed by atoms with E-state index in [1.807, 2.05) is 42.5 Å². The maximum atomic E-state index is 12.7. The number of nitrogens with one attached hydrogen (secondary N) is 2.